The molecule has 2 aliphatic heterocycles. The Morgan fingerprint density at radius 1 is 1.12 bits per heavy atom. The van der Waals surface area contributed by atoms with Gasteiger partial charge in [0.05, 0.1) is 23.6 Å². The van der Waals surface area contributed by atoms with Crippen LogP contribution in [-0.2, 0) is 10.0 Å². The number of nitrogens with zero attached hydrogens (tertiary/aromatic N) is 1. The molecule has 1 N–H and O–H groups in total. The minimum absolute atomic E-state index is 0.115. The van der Waals surface area contributed by atoms with Gasteiger partial charge in [-0.05, 0) is 49.9 Å². The zero-order chi connectivity index (χ0) is 24.3. The molecule has 8 heteroatoms. The van der Waals surface area contributed by atoms with Gasteiger partial charge < -0.3 is 14.8 Å². The monoisotopic (exact) mass is 486 g/mol. The first-order valence-corrected chi connectivity index (χ1v) is 13.5. The Morgan fingerprint density at radius 3 is 2.50 bits per heavy atom. The minimum atomic E-state index is -3.67. The van der Waals surface area contributed by atoms with E-state index < -0.39 is 10.0 Å². The third-order valence-electron chi connectivity index (χ3n) is 7.16. The Kier molecular flexibility index (Phi) is 7.19. The van der Waals surface area contributed by atoms with Crippen LogP contribution in [0.15, 0.2) is 47.4 Å². The van der Waals surface area contributed by atoms with Gasteiger partial charge in [-0.3, -0.25) is 4.79 Å². The Bertz CT molecular complexity index is 1140. The van der Waals surface area contributed by atoms with E-state index in [1.54, 1.807) is 6.07 Å². The number of para-hydroxylation sites is 1. The summed E-state index contributed by atoms with van der Waals surface area (Å²) in [5.74, 6) is 0.749. The van der Waals surface area contributed by atoms with Crippen molar-refractivity contribution in [2.45, 2.75) is 68.9 Å². The number of sulfonamides is 1. The van der Waals surface area contributed by atoms with E-state index in [1.165, 1.54) is 23.5 Å². The Morgan fingerprint density at radius 2 is 1.82 bits per heavy atom. The van der Waals surface area contributed by atoms with Crippen LogP contribution in [0.2, 0.25) is 0 Å². The molecular weight excluding hydrogens is 452 g/mol. The van der Waals surface area contributed by atoms with Crippen molar-refractivity contribution < 1.29 is 22.7 Å². The van der Waals surface area contributed by atoms with Crippen molar-refractivity contribution in [3.63, 3.8) is 0 Å². The lowest BCUT2D eigenvalue weighted by molar-refractivity contribution is 0.0227. The summed E-state index contributed by atoms with van der Waals surface area (Å²) in [4.78, 5) is 13.6. The summed E-state index contributed by atoms with van der Waals surface area (Å²) < 4.78 is 39.7. The lowest BCUT2D eigenvalue weighted by Gasteiger charge is -2.41. The molecule has 1 saturated heterocycles. The van der Waals surface area contributed by atoms with E-state index in [-0.39, 0.29) is 28.0 Å². The fourth-order valence-corrected chi connectivity index (χ4v) is 6.49. The largest absolute Gasteiger partial charge is 0.496 e. The molecule has 2 aromatic carbocycles. The maximum atomic E-state index is 13.5. The summed E-state index contributed by atoms with van der Waals surface area (Å²) in [5.41, 5.74) is 0.767. The van der Waals surface area contributed by atoms with Crippen LogP contribution >= 0.6 is 0 Å². The number of ether oxygens (including phenoxy) is 2. The van der Waals surface area contributed by atoms with Crippen molar-refractivity contribution >= 4 is 15.9 Å². The van der Waals surface area contributed by atoms with E-state index in [0.29, 0.717) is 25.3 Å². The first-order chi connectivity index (χ1) is 16.3. The third kappa shape index (κ3) is 4.66. The van der Waals surface area contributed by atoms with Crippen molar-refractivity contribution in [1.29, 1.82) is 0 Å². The topological polar surface area (TPSA) is 84.9 Å². The highest BCUT2D eigenvalue weighted by atomic mass is 32.2. The highest BCUT2D eigenvalue weighted by molar-refractivity contribution is 7.89. The number of benzene rings is 2. The number of hydrogen-bond acceptors (Lipinski definition) is 5. The second kappa shape index (κ2) is 9.96. The lowest BCUT2D eigenvalue weighted by atomic mass is 9.83. The van der Waals surface area contributed by atoms with Gasteiger partial charge in [-0.15, -0.1) is 0 Å². The number of carbonyl (C=O) groups is 1. The molecule has 0 saturated carbocycles. The normalized spacial score (nSPS) is 20.1. The van der Waals surface area contributed by atoms with Gasteiger partial charge in [0.2, 0.25) is 10.0 Å². The molecule has 34 heavy (non-hydrogen) atoms. The van der Waals surface area contributed by atoms with Crippen LogP contribution in [0.1, 0.15) is 74.3 Å². The second-order valence-corrected chi connectivity index (χ2v) is 11.0. The number of fused-ring (bicyclic) bond motifs is 1. The summed E-state index contributed by atoms with van der Waals surface area (Å²) in [6, 6.07) is 12.0. The van der Waals surface area contributed by atoms with Gasteiger partial charge in [-0.25, -0.2) is 8.42 Å². The van der Waals surface area contributed by atoms with Crippen LogP contribution in [-0.4, -0.2) is 44.4 Å². The molecule has 1 amide bonds. The van der Waals surface area contributed by atoms with Gasteiger partial charge in [0, 0.05) is 25.1 Å². The van der Waals surface area contributed by atoms with Crippen molar-refractivity contribution in [1.82, 2.24) is 9.62 Å². The van der Waals surface area contributed by atoms with Crippen LogP contribution in [0.5, 0.6) is 11.5 Å². The lowest BCUT2D eigenvalue weighted by Crippen LogP contribution is -2.44. The first kappa shape index (κ1) is 24.5. The number of piperidine rings is 1. The fraction of sp³-hybridized carbons (Fsp3) is 0.500. The van der Waals surface area contributed by atoms with E-state index in [4.69, 9.17) is 9.47 Å². The fourth-order valence-electron chi connectivity index (χ4n) is 4.95. The molecule has 1 fully saturated rings. The van der Waals surface area contributed by atoms with Gasteiger partial charge in [-0.2, -0.15) is 4.31 Å². The maximum Gasteiger partial charge on any atom is 0.255 e. The predicted octanol–water partition coefficient (Wildman–Crippen LogP) is 4.68. The highest BCUT2D eigenvalue weighted by Crippen LogP contribution is 2.43. The molecule has 184 valence electrons. The molecule has 1 atom stereocenters. The van der Waals surface area contributed by atoms with E-state index in [1.807, 2.05) is 24.3 Å². The molecule has 0 aliphatic carbocycles. The average Bonchev–Trinajstić information content (AvgIpc) is 2.88. The molecule has 2 aromatic rings. The number of rotatable bonds is 7. The highest BCUT2D eigenvalue weighted by Gasteiger charge is 2.39. The van der Waals surface area contributed by atoms with Gasteiger partial charge in [0.1, 0.15) is 17.1 Å². The second-order valence-electron chi connectivity index (χ2n) is 9.09. The molecule has 2 aliphatic rings. The van der Waals surface area contributed by atoms with E-state index in [2.05, 4.69) is 19.2 Å². The minimum Gasteiger partial charge on any atom is -0.496 e. The molecular formula is C26H34N2O5S. The number of hydrogen-bond donors (Lipinski definition) is 1. The third-order valence-corrected chi connectivity index (χ3v) is 9.05. The number of nitrogens with one attached hydrogen (secondary N) is 1. The van der Waals surface area contributed by atoms with Gasteiger partial charge in [-0.1, -0.05) is 38.5 Å². The quantitative estimate of drug-likeness (QED) is 0.614. The maximum absolute atomic E-state index is 13.5. The average molecular weight is 487 g/mol. The molecule has 0 spiro atoms. The first-order valence-electron chi connectivity index (χ1n) is 12.1. The van der Waals surface area contributed by atoms with Crippen molar-refractivity contribution in [3.05, 3.63) is 53.6 Å². The Balaban J connectivity index is 1.66. The Labute approximate surface area is 202 Å². The van der Waals surface area contributed by atoms with Crippen LogP contribution < -0.4 is 14.8 Å². The van der Waals surface area contributed by atoms with E-state index >= 15 is 0 Å². The zero-order valence-corrected chi connectivity index (χ0v) is 21.0. The molecule has 2 heterocycles. The summed E-state index contributed by atoms with van der Waals surface area (Å²) in [6.45, 7) is 5.19. The number of amides is 1. The van der Waals surface area contributed by atoms with Crippen LogP contribution in [0.3, 0.4) is 0 Å². The van der Waals surface area contributed by atoms with Gasteiger partial charge >= 0.3 is 0 Å². The van der Waals surface area contributed by atoms with Gasteiger partial charge in [0.25, 0.3) is 5.91 Å². The molecule has 7 nitrogen and oxygen atoms in total. The zero-order valence-electron chi connectivity index (χ0n) is 20.2. The Hall–Kier alpha value is -2.58. The van der Waals surface area contributed by atoms with Crippen LogP contribution in [0.4, 0.5) is 0 Å². The summed E-state index contributed by atoms with van der Waals surface area (Å²) in [6.07, 6.45) is 5.00. The number of methoxy groups -OCH3 is 1. The molecule has 4 rings (SSSR count). The standard InChI is InChI=1S/C26H34N2O5S/c1-4-26(5-2)18-22(20-11-7-8-12-24(20)33-26)27-25(29)21-17-19(13-14-23(21)32-3)34(30,31)28-15-9-6-10-16-28/h7-8,11-14,17,22H,4-6,9-10,15-16,18H2,1-3H3,(H,27,29). The number of carbonyl (C=O) groups excluding carboxylic acids is 1. The van der Waals surface area contributed by atoms with Crippen molar-refractivity contribution in [2.24, 2.45) is 0 Å². The van der Waals surface area contributed by atoms with E-state index in [9.17, 15) is 13.2 Å². The van der Waals surface area contributed by atoms with Crippen LogP contribution in [0.25, 0.3) is 0 Å². The van der Waals surface area contributed by atoms with E-state index in [0.717, 1.165) is 43.4 Å². The molecule has 0 radical (unpaired) electrons. The predicted molar refractivity (Wildman–Crippen MR) is 131 cm³/mol. The smallest absolute Gasteiger partial charge is 0.255 e. The molecule has 0 aromatic heterocycles. The van der Waals surface area contributed by atoms with Crippen molar-refractivity contribution in [3.8, 4) is 11.5 Å². The SMILES string of the molecule is CCC1(CC)CC(NC(=O)c2cc(S(=O)(=O)N3CCCCC3)ccc2OC)c2ccccc2O1. The summed E-state index contributed by atoms with van der Waals surface area (Å²) >= 11 is 0. The van der Waals surface area contributed by atoms with Crippen LogP contribution in [0, 0.1) is 0 Å². The summed E-state index contributed by atoms with van der Waals surface area (Å²) in [7, 11) is -2.19. The van der Waals surface area contributed by atoms with Gasteiger partial charge in [0.15, 0.2) is 0 Å². The molecule has 0 bridgehead atoms. The molecule has 1 unspecified atom stereocenters. The van der Waals surface area contributed by atoms with Crippen molar-refractivity contribution in [2.75, 3.05) is 20.2 Å². The summed E-state index contributed by atoms with van der Waals surface area (Å²) in [5, 5.41) is 3.14.